The molecule has 2 heteroatoms. The molecule has 0 aromatic rings. The number of aliphatic hydroxyl groups excluding tert-OH is 1. The van der Waals surface area contributed by atoms with Crippen molar-refractivity contribution < 1.29 is 5.11 Å². The van der Waals surface area contributed by atoms with Gasteiger partial charge in [-0.1, -0.05) is 26.7 Å². The molecule has 2 nitrogen and oxygen atoms in total. The van der Waals surface area contributed by atoms with E-state index < -0.39 is 0 Å². The van der Waals surface area contributed by atoms with E-state index in [1.807, 2.05) is 0 Å². The van der Waals surface area contributed by atoms with E-state index in [0.717, 1.165) is 36.6 Å². The second-order valence-corrected chi connectivity index (χ2v) is 6.95. The molecule has 2 aliphatic carbocycles. The molecule has 0 aromatic carbocycles. The Bertz CT molecular complexity index is 233. The Morgan fingerprint density at radius 1 is 1.06 bits per heavy atom. The first-order chi connectivity index (χ1) is 8.65. The van der Waals surface area contributed by atoms with Crippen molar-refractivity contribution in [3.63, 3.8) is 0 Å². The molecule has 0 saturated heterocycles. The topological polar surface area (TPSA) is 32.3 Å². The largest absolute Gasteiger partial charge is 0.393 e. The van der Waals surface area contributed by atoms with Crippen LogP contribution in [0.2, 0.25) is 0 Å². The van der Waals surface area contributed by atoms with Crippen molar-refractivity contribution in [3.8, 4) is 0 Å². The Hall–Kier alpha value is -0.0800. The molecule has 18 heavy (non-hydrogen) atoms. The van der Waals surface area contributed by atoms with Crippen molar-refractivity contribution in [1.82, 2.24) is 5.32 Å². The van der Waals surface area contributed by atoms with E-state index in [9.17, 15) is 5.11 Å². The summed E-state index contributed by atoms with van der Waals surface area (Å²) in [4.78, 5) is 0. The Morgan fingerprint density at radius 2 is 1.78 bits per heavy atom. The standard InChI is InChI=1S/C16H31NO/c1-12(2)14-4-3-5-15(10-14)17-11-13-6-8-16(18)9-7-13/h12-18H,3-11H2,1-2H3. The Balaban J connectivity index is 1.67. The number of aliphatic hydroxyl groups is 1. The second-order valence-electron chi connectivity index (χ2n) is 6.95. The van der Waals surface area contributed by atoms with Crippen LogP contribution in [-0.2, 0) is 0 Å². The number of rotatable bonds is 4. The maximum absolute atomic E-state index is 9.52. The zero-order valence-electron chi connectivity index (χ0n) is 12.2. The number of hydrogen-bond donors (Lipinski definition) is 2. The molecule has 0 aromatic heterocycles. The normalized spacial score (nSPS) is 38.0. The first-order valence-electron chi connectivity index (χ1n) is 8.06. The lowest BCUT2D eigenvalue weighted by molar-refractivity contribution is 0.106. The lowest BCUT2D eigenvalue weighted by atomic mass is 9.79. The van der Waals surface area contributed by atoms with Crippen LogP contribution in [0, 0.1) is 17.8 Å². The highest BCUT2D eigenvalue weighted by atomic mass is 16.3. The molecule has 0 amide bonds. The van der Waals surface area contributed by atoms with E-state index >= 15 is 0 Å². The van der Waals surface area contributed by atoms with Gasteiger partial charge in [0.05, 0.1) is 6.10 Å². The monoisotopic (exact) mass is 253 g/mol. The van der Waals surface area contributed by atoms with Gasteiger partial charge in [-0.05, 0) is 62.8 Å². The van der Waals surface area contributed by atoms with Gasteiger partial charge < -0.3 is 10.4 Å². The third-order valence-electron chi connectivity index (χ3n) is 5.17. The van der Waals surface area contributed by atoms with Gasteiger partial charge in [0.25, 0.3) is 0 Å². The molecule has 2 fully saturated rings. The second kappa shape index (κ2) is 6.91. The SMILES string of the molecule is CC(C)C1CCCC(NCC2CCC(O)CC2)C1. The average Bonchev–Trinajstić information content (AvgIpc) is 2.38. The van der Waals surface area contributed by atoms with Crippen LogP contribution in [0.25, 0.3) is 0 Å². The van der Waals surface area contributed by atoms with Gasteiger partial charge in [0.1, 0.15) is 0 Å². The van der Waals surface area contributed by atoms with E-state index in [-0.39, 0.29) is 6.10 Å². The van der Waals surface area contributed by atoms with Gasteiger partial charge in [0.2, 0.25) is 0 Å². The molecule has 0 radical (unpaired) electrons. The first kappa shape index (κ1) is 14.3. The van der Waals surface area contributed by atoms with Gasteiger partial charge in [-0.3, -0.25) is 0 Å². The third kappa shape index (κ3) is 4.24. The fraction of sp³-hybridized carbons (Fsp3) is 1.00. The van der Waals surface area contributed by atoms with E-state index in [1.165, 1.54) is 45.1 Å². The smallest absolute Gasteiger partial charge is 0.0540 e. The summed E-state index contributed by atoms with van der Waals surface area (Å²) in [5.74, 6) is 2.59. The fourth-order valence-electron chi connectivity index (χ4n) is 3.70. The minimum atomic E-state index is -0.0127. The van der Waals surface area contributed by atoms with Crippen LogP contribution < -0.4 is 5.32 Å². The highest BCUT2D eigenvalue weighted by molar-refractivity contribution is 4.81. The minimum absolute atomic E-state index is 0.0127. The van der Waals surface area contributed by atoms with E-state index in [2.05, 4.69) is 19.2 Å². The Kier molecular flexibility index (Phi) is 5.50. The summed E-state index contributed by atoms with van der Waals surface area (Å²) in [6, 6.07) is 0.762. The van der Waals surface area contributed by atoms with E-state index in [4.69, 9.17) is 0 Å². The summed E-state index contributed by atoms with van der Waals surface area (Å²) < 4.78 is 0. The first-order valence-corrected chi connectivity index (χ1v) is 8.06. The molecule has 2 aliphatic rings. The van der Waals surface area contributed by atoms with Crippen LogP contribution >= 0.6 is 0 Å². The molecule has 106 valence electrons. The molecule has 0 aliphatic heterocycles. The Morgan fingerprint density at radius 3 is 2.44 bits per heavy atom. The molecule has 2 unspecified atom stereocenters. The average molecular weight is 253 g/mol. The van der Waals surface area contributed by atoms with Gasteiger partial charge in [0, 0.05) is 6.04 Å². The third-order valence-corrected chi connectivity index (χ3v) is 5.17. The van der Waals surface area contributed by atoms with Gasteiger partial charge in [-0.2, -0.15) is 0 Å². The molecule has 2 rings (SSSR count). The van der Waals surface area contributed by atoms with Crippen molar-refractivity contribution >= 4 is 0 Å². The molecule has 2 saturated carbocycles. The minimum Gasteiger partial charge on any atom is -0.393 e. The summed E-state index contributed by atoms with van der Waals surface area (Å²) in [6.07, 6.45) is 10.1. The van der Waals surface area contributed by atoms with Crippen molar-refractivity contribution in [2.45, 2.75) is 77.4 Å². The van der Waals surface area contributed by atoms with Crippen molar-refractivity contribution in [2.24, 2.45) is 17.8 Å². The van der Waals surface area contributed by atoms with Crippen molar-refractivity contribution in [2.75, 3.05) is 6.54 Å². The summed E-state index contributed by atoms with van der Waals surface area (Å²) in [5, 5.41) is 13.3. The van der Waals surface area contributed by atoms with Gasteiger partial charge in [-0.25, -0.2) is 0 Å². The summed E-state index contributed by atoms with van der Waals surface area (Å²) in [7, 11) is 0. The van der Waals surface area contributed by atoms with Crippen LogP contribution in [-0.4, -0.2) is 23.8 Å². The molecule has 0 heterocycles. The zero-order chi connectivity index (χ0) is 13.0. The number of nitrogens with one attached hydrogen (secondary N) is 1. The van der Waals surface area contributed by atoms with E-state index in [0.29, 0.717) is 0 Å². The van der Waals surface area contributed by atoms with Gasteiger partial charge in [0.15, 0.2) is 0 Å². The molecule has 0 spiro atoms. The van der Waals surface area contributed by atoms with Gasteiger partial charge in [-0.15, -0.1) is 0 Å². The lowest BCUT2D eigenvalue weighted by Gasteiger charge is -2.34. The highest BCUT2D eigenvalue weighted by Gasteiger charge is 2.25. The van der Waals surface area contributed by atoms with Gasteiger partial charge >= 0.3 is 0 Å². The zero-order valence-corrected chi connectivity index (χ0v) is 12.2. The van der Waals surface area contributed by atoms with E-state index in [1.54, 1.807) is 0 Å². The van der Waals surface area contributed by atoms with Crippen LogP contribution in [0.1, 0.15) is 65.2 Å². The molecular formula is C16H31NO. The van der Waals surface area contributed by atoms with Crippen molar-refractivity contribution in [1.29, 1.82) is 0 Å². The predicted molar refractivity (Wildman–Crippen MR) is 76.6 cm³/mol. The van der Waals surface area contributed by atoms with Crippen LogP contribution in [0.3, 0.4) is 0 Å². The molecule has 2 N–H and O–H groups in total. The quantitative estimate of drug-likeness (QED) is 0.805. The lowest BCUT2D eigenvalue weighted by Crippen LogP contribution is -2.39. The maximum Gasteiger partial charge on any atom is 0.0540 e. The summed E-state index contributed by atoms with van der Waals surface area (Å²) >= 11 is 0. The highest BCUT2D eigenvalue weighted by Crippen LogP contribution is 2.30. The fourth-order valence-corrected chi connectivity index (χ4v) is 3.70. The molecule has 0 bridgehead atoms. The maximum atomic E-state index is 9.52. The Labute approximate surface area is 113 Å². The molecule has 2 atom stereocenters. The van der Waals surface area contributed by atoms with Crippen LogP contribution in [0.15, 0.2) is 0 Å². The summed E-state index contributed by atoms with van der Waals surface area (Å²) in [5.41, 5.74) is 0. The van der Waals surface area contributed by atoms with Crippen LogP contribution in [0.5, 0.6) is 0 Å². The number of hydrogen-bond acceptors (Lipinski definition) is 2. The van der Waals surface area contributed by atoms with Crippen molar-refractivity contribution in [3.05, 3.63) is 0 Å². The molecular weight excluding hydrogens is 222 g/mol. The predicted octanol–water partition coefficient (Wildman–Crippen LogP) is 3.34. The van der Waals surface area contributed by atoms with Crippen LogP contribution in [0.4, 0.5) is 0 Å². The summed E-state index contributed by atoms with van der Waals surface area (Å²) in [6.45, 7) is 5.92.